The number of allylic oxidation sites excluding steroid dienone is 1. The molecular formula is C25H21N5O3. The Balaban J connectivity index is 1.45. The molecule has 0 saturated heterocycles. The van der Waals surface area contributed by atoms with Gasteiger partial charge in [-0.25, -0.2) is 4.98 Å². The number of carbonyl (C=O) groups is 1. The van der Waals surface area contributed by atoms with Crippen LogP contribution < -0.4 is 14.8 Å². The molecule has 0 fully saturated rings. The van der Waals surface area contributed by atoms with Crippen LogP contribution in [0.25, 0.3) is 11.5 Å². The number of nitrogens with zero attached hydrogens (tertiary/aromatic N) is 4. The van der Waals surface area contributed by atoms with E-state index in [9.17, 15) is 4.79 Å². The molecule has 164 valence electrons. The summed E-state index contributed by atoms with van der Waals surface area (Å²) in [6.07, 6.45) is 5.49. The molecule has 8 nitrogen and oxygen atoms in total. The van der Waals surface area contributed by atoms with Gasteiger partial charge in [0.05, 0.1) is 5.56 Å². The molecule has 33 heavy (non-hydrogen) atoms. The van der Waals surface area contributed by atoms with Crippen LogP contribution >= 0.6 is 0 Å². The Morgan fingerprint density at radius 3 is 2.85 bits per heavy atom. The monoisotopic (exact) mass is 439 g/mol. The summed E-state index contributed by atoms with van der Waals surface area (Å²) in [6.45, 7) is 1.28. The predicted molar refractivity (Wildman–Crippen MR) is 123 cm³/mol. The molecule has 1 amide bonds. The first-order valence-electron chi connectivity index (χ1n) is 10.5. The fraction of sp³-hybridized carbons (Fsp3) is 0.120. The normalized spacial score (nSPS) is 14.1. The van der Waals surface area contributed by atoms with Gasteiger partial charge in [0, 0.05) is 6.54 Å². The Morgan fingerprint density at radius 1 is 1.03 bits per heavy atom. The van der Waals surface area contributed by atoms with Gasteiger partial charge < -0.3 is 19.4 Å². The van der Waals surface area contributed by atoms with Gasteiger partial charge in [-0.2, -0.15) is 0 Å². The van der Waals surface area contributed by atoms with Gasteiger partial charge in [0.15, 0.2) is 5.82 Å². The molecule has 1 aliphatic rings. The Labute approximate surface area is 190 Å². The fourth-order valence-electron chi connectivity index (χ4n) is 3.44. The van der Waals surface area contributed by atoms with Crippen LogP contribution in [0.5, 0.6) is 11.5 Å². The first-order chi connectivity index (χ1) is 16.3. The van der Waals surface area contributed by atoms with Gasteiger partial charge in [0.2, 0.25) is 0 Å². The summed E-state index contributed by atoms with van der Waals surface area (Å²) in [5.74, 6) is 1.71. The molecule has 0 radical (unpaired) electrons. The fourth-order valence-corrected chi connectivity index (χ4v) is 3.44. The van der Waals surface area contributed by atoms with Crippen molar-refractivity contribution >= 4 is 11.7 Å². The topological polar surface area (TPSA) is 91.2 Å². The van der Waals surface area contributed by atoms with Gasteiger partial charge in [-0.15, -0.1) is 10.2 Å². The number of nitrogens with one attached hydrogen (secondary N) is 1. The minimum atomic E-state index is -0.345. The number of aromatic nitrogens is 4. The standard InChI is InChI=1S/C25H21N5O3/c31-25-20-15-19(33-16-18-7-2-1-3-8-18)11-12-22(20)32-14-5-4-13-30-17-26-29-24(30)21-9-6-10-23(27-21)28-25/h1-12,15,17H,13-14,16H2,(H,27,28,31)/b5-4+. The molecular weight excluding hydrogens is 418 g/mol. The van der Waals surface area contributed by atoms with Gasteiger partial charge >= 0.3 is 0 Å². The van der Waals surface area contributed by atoms with Crippen molar-refractivity contribution in [1.29, 1.82) is 0 Å². The van der Waals surface area contributed by atoms with Crippen molar-refractivity contribution < 1.29 is 14.3 Å². The molecule has 1 N–H and O–H groups in total. The third-order valence-corrected chi connectivity index (χ3v) is 5.08. The molecule has 0 unspecified atom stereocenters. The van der Waals surface area contributed by atoms with Crippen LogP contribution in [0.3, 0.4) is 0 Å². The van der Waals surface area contributed by atoms with E-state index in [1.54, 1.807) is 30.6 Å². The second-order valence-corrected chi connectivity index (χ2v) is 7.38. The van der Waals surface area contributed by atoms with Crippen LogP contribution in [-0.4, -0.2) is 32.3 Å². The number of hydrogen-bond acceptors (Lipinski definition) is 6. The lowest BCUT2D eigenvalue weighted by molar-refractivity contribution is 0.102. The lowest BCUT2D eigenvalue weighted by atomic mass is 10.1. The molecule has 0 saturated carbocycles. The number of benzene rings is 2. The summed E-state index contributed by atoms with van der Waals surface area (Å²) < 4.78 is 13.7. The first kappa shape index (κ1) is 20.4. The molecule has 0 spiro atoms. The van der Waals surface area contributed by atoms with Crippen LogP contribution in [0, 0.1) is 0 Å². The van der Waals surface area contributed by atoms with Crippen molar-refractivity contribution in [3.05, 3.63) is 96.3 Å². The van der Waals surface area contributed by atoms with Crippen molar-refractivity contribution in [2.75, 3.05) is 11.9 Å². The Kier molecular flexibility index (Phi) is 5.79. The van der Waals surface area contributed by atoms with Crippen molar-refractivity contribution in [3.8, 4) is 23.0 Å². The summed E-state index contributed by atoms with van der Waals surface area (Å²) in [6, 6.07) is 20.4. The summed E-state index contributed by atoms with van der Waals surface area (Å²) in [4.78, 5) is 17.7. The van der Waals surface area contributed by atoms with Crippen LogP contribution in [0.2, 0.25) is 0 Å². The summed E-state index contributed by atoms with van der Waals surface area (Å²) in [7, 11) is 0. The highest BCUT2D eigenvalue weighted by molar-refractivity contribution is 6.06. The molecule has 2 aromatic heterocycles. The number of ether oxygens (including phenoxy) is 2. The maximum absolute atomic E-state index is 13.2. The summed E-state index contributed by atoms with van der Waals surface area (Å²) in [5, 5.41) is 11.0. The van der Waals surface area contributed by atoms with Crippen LogP contribution in [-0.2, 0) is 13.2 Å². The zero-order chi connectivity index (χ0) is 22.5. The van der Waals surface area contributed by atoms with Crippen LogP contribution in [0.4, 0.5) is 5.82 Å². The maximum atomic E-state index is 13.2. The third kappa shape index (κ3) is 4.74. The van der Waals surface area contributed by atoms with E-state index < -0.39 is 0 Å². The quantitative estimate of drug-likeness (QED) is 0.483. The molecule has 3 heterocycles. The predicted octanol–water partition coefficient (Wildman–Crippen LogP) is 4.12. The van der Waals surface area contributed by atoms with Crippen LogP contribution in [0.1, 0.15) is 15.9 Å². The number of fused-ring (bicyclic) bond motifs is 5. The average Bonchev–Trinajstić information content (AvgIpc) is 3.32. The zero-order valence-electron chi connectivity index (χ0n) is 17.7. The van der Waals surface area contributed by atoms with Crippen molar-refractivity contribution in [2.45, 2.75) is 13.2 Å². The number of rotatable bonds is 3. The van der Waals surface area contributed by atoms with Gasteiger partial charge in [0.1, 0.15) is 42.6 Å². The highest BCUT2D eigenvalue weighted by Crippen LogP contribution is 2.27. The second kappa shape index (κ2) is 9.35. The van der Waals surface area contributed by atoms with Crippen molar-refractivity contribution in [3.63, 3.8) is 0 Å². The smallest absolute Gasteiger partial charge is 0.260 e. The molecule has 4 aromatic rings. The number of amides is 1. The summed E-state index contributed by atoms with van der Waals surface area (Å²) >= 11 is 0. The number of carbonyl (C=O) groups excluding carboxylic acids is 1. The number of anilines is 1. The van der Waals surface area contributed by atoms with E-state index in [-0.39, 0.29) is 5.91 Å². The molecule has 0 aliphatic carbocycles. The van der Waals surface area contributed by atoms with E-state index in [0.29, 0.717) is 54.2 Å². The third-order valence-electron chi connectivity index (χ3n) is 5.08. The SMILES string of the molecule is O=C1Nc2cccc(n2)-c2nncn2C/C=C/COc2ccc(OCc3ccccc3)cc21. The van der Waals surface area contributed by atoms with E-state index >= 15 is 0 Å². The Hall–Kier alpha value is -4.46. The van der Waals surface area contributed by atoms with E-state index in [4.69, 9.17) is 9.47 Å². The van der Waals surface area contributed by atoms with Gasteiger partial charge in [0.25, 0.3) is 5.91 Å². The van der Waals surface area contributed by atoms with Gasteiger partial charge in [-0.05, 0) is 42.0 Å². The van der Waals surface area contributed by atoms with E-state index in [2.05, 4.69) is 20.5 Å². The maximum Gasteiger partial charge on any atom is 0.260 e. The number of pyridine rings is 1. The minimum Gasteiger partial charge on any atom is -0.489 e. The number of hydrogen-bond donors (Lipinski definition) is 1. The van der Waals surface area contributed by atoms with E-state index in [1.807, 2.05) is 59.2 Å². The molecule has 8 heteroatoms. The minimum absolute atomic E-state index is 0.311. The largest absolute Gasteiger partial charge is 0.489 e. The van der Waals surface area contributed by atoms with E-state index in [1.165, 1.54) is 0 Å². The van der Waals surface area contributed by atoms with Crippen molar-refractivity contribution in [2.24, 2.45) is 0 Å². The highest BCUT2D eigenvalue weighted by Gasteiger charge is 2.17. The van der Waals surface area contributed by atoms with Gasteiger partial charge in [-0.1, -0.05) is 42.5 Å². The molecule has 5 rings (SSSR count). The molecule has 2 bridgehead atoms. The molecule has 1 aliphatic heterocycles. The lowest BCUT2D eigenvalue weighted by Gasteiger charge is -2.14. The Morgan fingerprint density at radius 2 is 1.94 bits per heavy atom. The van der Waals surface area contributed by atoms with Crippen LogP contribution in [0.15, 0.2) is 85.2 Å². The average molecular weight is 439 g/mol. The summed E-state index contributed by atoms with van der Waals surface area (Å²) in [5.41, 5.74) is 2.02. The van der Waals surface area contributed by atoms with E-state index in [0.717, 1.165) is 5.56 Å². The molecule has 2 aromatic carbocycles. The Bertz CT molecular complexity index is 1300. The zero-order valence-corrected chi connectivity index (χ0v) is 17.7. The van der Waals surface area contributed by atoms with Crippen molar-refractivity contribution in [1.82, 2.24) is 19.7 Å². The first-order valence-corrected chi connectivity index (χ1v) is 10.5. The lowest BCUT2D eigenvalue weighted by Crippen LogP contribution is -2.15. The second-order valence-electron chi connectivity index (χ2n) is 7.38. The van der Waals surface area contributed by atoms with Gasteiger partial charge in [-0.3, -0.25) is 4.79 Å². The molecule has 0 atom stereocenters. The highest BCUT2D eigenvalue weighted by atomic mass is 16.5.